The number of hydrogen-bond acceptors (Lipinski definition) is 6. The van der Waals surface area contributed by atoms with Crippen molar-refractivity contribution in [2.24, 2.45) is 0 Å². The van der Waals surface area contributed by atoms with E-state index in [0.717, 1.165) is 15.7 Å². The van der Waals surface area contributed by atoms with E-state index in [1.165, 1.54) is 24.2 Å². The number of aromatic nitrogens is 4. The molecule has 1 N–H and O–H groups in total. The lowest BCUT2D eigenvalue weighted by Gasteiger charge is -1.97. The highest BCUT2D eigenvalue weighted by molar-refractivity contribution is 7.15. The first-order valence-electron chi connectivity index (χ1n) is 6.32. The molecule has 1 aliphatic carbocycles. The van der Waals surface area contributed by atoms with Gasteiger partial charge in [-0.3, -0.25) is 9.20 Å². The van der Waals surface area contributed by atoms with Crippen molar-refractivity contribution in [1.29, 1.82) is 0 Å². The lowest BCUT2D eigenvalue weighted by Crippen LogP contribution is -2.14. The predicted molar refractivity (Wildman–Crippen MR) is 77.3 cm³/mol. The lowest BCUT2D eigenvalue weighted by atomic mass is 10.3. The summed E-state index contributed by atoms with van der Waals surface area (Å²) in [5, 5.41) is 14.5. The molecule has 0 bridgehead atoms. The van der Waals surface area contributed by atoms with Crippen LogP contribution < -0.4 is 5.32 Å². The van der Waals surface area contributed by atoms with Crippen molar-refractivity contribution in [1.82, 2.24) is 19.6 Å². The maximum Gasteiger partial charge on any atom is 0.232 e. The van der Waals surface area contributed by atoms with E-state index in [2.05, 4.69) is 20.5 Å². The van der Waals surface area contributed by atoms with E-state index < -0.39 is 0 Å². The Hall–Kier alpha value is -1.80. The van der Waals surface area contributed by atoms with E-state index in [-0.39, 0.29) is 12.3 Å². The van der Waals surface area contributed by atoms with Crippen LogP contribution in [0.1, 0.15) is 29.5 Å². The van der Waals surface area contributed by atoms with Crippen LogP contribution in [0.4, 0.5) is 5.13 Å². The molecule has 1 fully saturated rings. The summed E-state index contributed by atoms with van der Waals surface area (Å²) in [5.41, 5.74) is 0.765. The minimum absolute atomic E-state index is 0.103. The van der Waals surface area contributed by atoms with Gasteiger partial charge in [-0.05, 0) is 12.8 Å². The molecule has 3 aromatic heterocycles. The third-order valence-electron chi connectivity index (χ3n) is 3.10. The number of fused-ring (bicyclic) bond motifs is 1. The first-order valence-corrected chi connectivity index (χ1v) is 8.02. The minimum atomic E-state index is -0.103. The Morgan fingerprint density at radius 3 is 3.15 bits per heavy atom. The summed E-state index contributed by atoms with van der Waals surface area (Å²) in [5.74, 6) is 0.465. The number of anilines is 1. The smallest absolute Gasteiger partial charge is 0.232 e. The molecule has 0 spiro atoms. The van der Waals surface area contributed by atoms with Gasteiger partial charge in [-0.25, -0.2) is 4.98 Å². The summed E-state index contributed by atoms with van der Waals surface area (Å²) in [4.78, 5) is 17.2. The van der Waals surface area contributed by atoms with Gasteiger partial charge >= 0.3 is 0 Å². The molecular weight excluding hydrogens is 294 g/mol. The fourth-order valence-electron chi connectivity index (χ4n) is 1.97. The van der Waals surface area contributed by atoms with Crippen molar-refractivity contribution in [2.45, 2.75) is 25.2 Å². The van der Waals surface area contributed by atoms with E-state index in [0.29, 0.717) is 11.0 Å². The number of imidazole rings is 1. The molecule has 20 heavy (non-hydrogen) atoms. The van der Waals surface area contributed by atoms with Crippen molar-refractivity contribution in [2.75, 3.05) is 5.32 Å². The molecule has 8 heteroatoms. The van der Waals surface area contributed by atoms with Crippen LogP contribution in [0.25, 0.3) is 4.96 Å². The van der Waals surface area contributed by atoms with Crippen LogP contribution in [0.5, 0.6) is 0 Å². The second-order valence-electron chi connectivity index (χ2n) is 4.77. The number of nitrogens with one attached hydrogen (secondary N) is 1. The Labute approximate surface area is 122 Å². The zero-order valence-corrected chi connectivity index (χ0v) is 12.1. The van der Waals surface area contributed by atoms with E-state index in [4.69, 9.17) is 0 Å². The molecule has 1 amide bonds. The summed E-state index contributed by atoms with van der Waals surface area (Å²) >= 11 is 3.02. The molecule has 0 unspecified atom stereocenters. The SMILES string of the molecule is O=C(Cc1cn2ccsc2n1)Nc1nnc(C2CC2)s1. The highest BCUT2D eigenvalue weighted by Gasteiger charge is 2.27. The fraction of sp³-hybridized carbons (Fsp3) is 0.333. The number of carbonyl (C=O) groups is 1. The van der Waals surface area contributed by atoms with Gasteiger partial charge in [-0.2, -0.15) is 0 Å². The summed E-state index contributed by atoms with van der Waals surface area (Å²) < 4.78 is 1.92. The van der Waals surface area contributed by atoms with Crippen molar-refractivity contribution >= 4 is 38.7 Å². The maximum atomic E-state index is 12.0. The Morgan fingerprint density at radius 2 is 2.35 bits per heavy atom. The van der Waals surface area contributed by atoms with Crippen molar-refractivity contribution in [3.8, 4) is 0 Å². The standard InChI is InChI=1S/C12H11N5OS2/c18-9(5-8-6-17-3-4-19-12(17)13-8)14-11-16-15-10(20-11)7-1-2-7/h3-4,6-7H,1-2,5H2,(H,14,16,18). The molecule has 102 valence electrons. The molecule has 3 aromatic rings. The van der Waals surface area contributed by atoms with Crippen LogP contribution in [0.2, 0.25) is 0 Å². The third kappa shape index (κ3) is 2.32. The number of carbonyl (C=O) groups excluding carboxylic acids is 1. The number of thiazole rings is 1. The van der Waals surface area contributed by atoms with Gasteiger partial charge < -0.3 is 5.32 Å². The molecule has 0 aromatic carbocycles. The molecule has 4 rings (SSSR count). The number of hydrogen-bond donors (Lipinski definition) is 1. The number of amides is 1. The third-order valence-corrected chi connectivity index (χ3v) is 4.87. The van der Waals surface area contributed by atoms with E-state index in [9.17, 15) is 4.79 Å². The fourth-order valence-corrected chi connectivity index (χ4v) is 3.62. The van der Waals surface area contributed by atoms with Gasteiger partial charge in [0.2, 0.25) is 11.0 Å². The maximum absolute atomic E-state index is 12.0. The van der Waals surface area contributed by atoms with Gasteiger partial charge in [0, 0.05) is 23.7 Å². The van der Waals surface area contributed by atoms with Gasteiger partial charge in [0.05, 0.1) is 12.1 Å². The first kappa shape index (κ1) is 12.0. The molecule has 0 radical (unpaired) electrons. The molecule has 1 aliphatic rings. The van der Waals surface area contributed by atoms with Crippen LogP contribution in [0.3, 0.4) is 0 Å². The number of nitrogens with zero attached hydrogens (tertiary/aromatic N) is 4. The summed E-state index contributed by atoms with van der Waals surface area (Å²) in [6, 6.07) is 0. The van der Waals surface area contributed by atoms with Gasteiger partial charge in [0.15, 0.2) is 4.96 Å². The van der Waals surface area contributed by atoms with Crippen LogP contribution in [0.15, 0.2) is 17.8 Å². The Morgan fingerprint density at radius 1 is 1.45 bits per heavy atom. The summed E-state index contributed by atoms with van der Waals surface area (Å²) in [7, 11) is 0. The van der Waals surface area contributed by atoms with Crippen LogP contribution in [0, 0.1) is 0 Å². The monoisotopic (exact) mass is 305 g/mol. The van der Waals surface area contributed by atoms with Gasteiger partial charge in [-0.15, -0.1) is 21.5 Å². The number of rotatable bonds is 4. The van der Waals surface area contributed by atoms with Crippen LogP contribution in [-0.4, -0.2) is 25.5 Å². The molecule has 0 saturated heterocycles. The molecule has 6 nitrogen and oxygen atoms in total. The second kappa shape index (κ2) is 4.64. The Bertz CT molecular complexity index is 741. The second-order valence-corrected chi connectivity index (χ2v) is 6.65. The Kier molecular flexibility index (Phi) is 2.78. The van der Waals surface area contributed by atoms with Crippen molar-refractivity contribution < 1.29 is 4.79 Å². The molecule has 0 atom stereocenters. The minimum Gasteiger partial charge on any atom is -0.300 e. The quantitative estimate of drug-likeness (QED) is 0.803. The summed E-state index contributed by atoms with van der Waals surface area (Å²) in [6.07, 6.45) is 6.44. The topological polar surface area (TPSA) is 72.2 Å². The highest BCUT2D eigenvalue weighted by atomic mass is 32.1. The lowest BCUT2D eigenvalue weighted by molar-refractivity contribution is -0.115. The summed E-state index contributed by atoms with van der Waals surface area (Å²) in [6.45, 7) is 0. The first-order chi connectivity index (χ1) is 9.78. The van der Waals surface area contributed by atoms with E-state index >= 15 is 0 Å². The van der Waals surface area contributed by atoms with Gasteiger partial charge in [0.1, 0.15) is 5.01 Å². The van der Waals surface area contributed by atoms with E-state index in [1.807, 2.05) is 22.2 Å². The largest absolute Gasteiger partial charge is 0.300 e. The van der Waals surface area contributed by atoms with Gasteiger partial charge in [-0.1, -0.05) is 11.3 Å². The normalized spacial score (nSPS) is 14.8. The van der Waals surface area contributed by atoms with Crippen molar-refractivity contribution in [3.63, 3.8) is 0 Å². The van der Waals surface area contributed by atoms with E-state index in [1.54, 1.807) is 11.3 Å². The Balaban J connectivity index is 1.42. The van der Waals surface area contributed by atoms with Crippen molar-refractivity contribution in [3.05, 3.63) is 28.5 Å². The zero-order chi connectivity index (χ0) is 13.5. The van der Waals surface area contributed by atoms with Crippen LogP contribution in [-0.2, 0) is 11.2 Å². The molecule has 0 aliphatic heterocycles. The average molecular weight is 305 g/mol. The van der Waals surface area contributed by atoms with Gasteiger partial charge in [0.25, 0.3) is 0 Å². The molecule has 3 heterocycles. The highest BCUT2D eigenvalue weighted by Crippen LogP contribution is 2.42. The zero-order valence-electron chi connectivity index (χ0n) is 10.4. The molecular formula is C12H11N5OS2. The molecule has 1 saturated carbocycles. The van der Waals surface area contributed by atoms with Crippen LogP contribution >= 0.6 is 22.7 Å². The predicted octanol–water partition coefficient (Wildman–Crippen LogP) is 2.31. The average Bonchev–Trinajstić information content (AvgIpc) is 2.81.